The number of halogens is 2. The van der Waals surface area contributed by atoms with Crippen molar-refractivity contribution in [1.82, 2.24) is 10.2 Å². The summed E-state index contributed by atoms with van der Waals surface area (Å²) in [5.74, 6) is 0. The highest BCUT2D eigenvalue weighted by molar-refractivity contribution is 9.10. The van der Waals surface area contributed by atoms with E-state index in [2.05, 4.69) is 36.2 Å². The molecule has 0 aliphatic carbocycles. The van der Waals surface area contributed by atoms with E-state index in [9.17, 15) is 8.42 Å². The maximum atomic E-state index is 12.3. The van der Waals surface area contributed by atoms with Gasteiger partial charge in [0.25, 0.3) is 10.0 Å². The Hall–Kier alpha value is -2.10. The molecule has 0 aliphatic rings. The summed E-state index contributed by atoms with van der Waals surface area (Å²) in [7, 11) is -3.95. The molecule has 0 saturated carbocycles. The van der Waals surface area contributed by atoms with Crippen molar-refractivity contribution in [2.45, 2.75) is 4.90 Å². The lowest BCUT2D eigenvalue weighted by Crippen LogP contribution is -2.13. The standard InChI is InChI=1S/C14H10BrClN4O3S/c15-9-6-7-12(11(16)8-9)24(21,22)20-14-19-18-13(23-14)17-10-4-2-1-3-5-10/h1-8H,(H,17,18)(H,19,20). The average Bonchev–Trinajstić information content (AvgIpc) is 2.94. The van der Waals surface area contributed by atoms with Crippen LogP contribution in [0.25, 0.3) is 0 Å². The molecule has 0 bridgehead atoms. The van der Waals surface area contributed by atoms with Crippen LogP contribution in [0.15, 0.2) is 62.3 Å². The summed E-state index contributed by atoms with van der Waals surface area (Å²) >= 11 is 9.18. The van der Waals surface area contributed by atoms with E-state index in [1.165, 1.54) is 12.1 Å². The molecule has 0 spiro atoms. The summed E-state index contributed by atoms with van der Waals surface area (Å²) in [4.78, 5) is -0.0943. The zero-order valence-electron chi connectivity index (χ0n) is 11.9. The monoisotopic (exact) mass is 428 g/mol. The van der Waals surface area contributed by atoms with Crippen molar-refractivity contribution in [3.8, 4) is 0 Å². The average molecular weight is 430 g/mol. The van der Waals surface area contributed by atoms with E-state index < -0.39 is 10.0 Å². The van der Waals surface area contributed by atoms with Crippen molar-refractivity contribution in [3.05, 3.63) is 58.0 Å². The largest absolute Gasteiger partial charge is 0.389 e. The SMILES string of the molecule is O=S(=O)(Nc1nnc(Nc2ccccc2)o1)c1ccc(Br)cc1Cl. The Bertz CT molecular complexity index is 963. The molecule has 0 unspecified atom stereocenters. The normalized spacial score (nSPS) is 11.2. The molecule has 0 saturated heterocycles. The first-order valence-corrected chi connectivity index (χ1v) is 9.23. The fraction of sp³-hybridized carbons (Fsp3) is 0. The van der Waals surface area contributed by atoms with Gasteiger partial charge in [0.05, 0.1) is 5.02 Å². The van der Waals surface area contributed by atoms with Gasteiger partial charge in [-0.2, -0.15) is 0 Å². The Kier molecular flexibility index (Phi) is 4.74. The second-order valence-corrected chi connectivity index (χ2v) is 7.56. The van der Waals surface area contributed by atoms with Crippen LogP contribution < -0.4 is 10.0 Å². The Morgan fingerprint density at radius 3 is 2.46 bits per heavy atom. The number of anilines is 3. The minimum absolute atomic E-state index is 0.0563. The molecule has 7 nitrogen and oxygen atoms in total. The van der Waals surface area contributed by atoms with Crippen molar-refractivity contribution in [2.75, 3.05) is 10.0 Å². The third-order valence-corrected chi connectivity index (χ3v) is 5.15. The Balaban J connectivity index is 1.78. The number of aromatic nitrogens is 2. The van der Waals surface area contributed by atoms with Crippen LogP contribution in [0.3, 0.4) is 0 Å². The van der Waals surface area contributed by atoms with E-state index >= 15 is 0 Å². The van der Waals surface area contributed by atoms with Crippen LogP contribution in [0.4, 0.5) is 17.7 Å². The lowest BCUT2D eigenvalue weighted by Gasteiger charge is -2.06. The molecular weight excluding hydrogens is 420 g/mol. The molecule has 24 heavy (non-hydrogen) atoms. The summed E-state index contributed by atoms with van der Waals surface area (Å²) in [6, 6.07) is 13.3. The van der Waals surface area contributed by atoms with Crippen LogP contribution in [-0.4, -0.2) is 18.6 Å². The van der Waals surface area contributed by atoms with Gasteiger partial charge in [-0.15, -0.1) is 0 Å². The highest BCUT2D eigenvalue weighted by atomic mass is 79.9. The van der Waals surface area contributed by atoms with Gasteiger partial charge in [-0.1, -0.05) is 55.9 Å². The molecule has 0 radical (unpaired) electrons. The van der Waals surface area contributed by atoms with Gasteiger partial charge in [-0.05, 0) is 30.3 Å². The first kappa shape index (κ1) is 16.7. The van der Waals surface area contributed by atoms with E-state index in [0.717, 1.165) is 5.69 Å². The number of nitrogens with zero attached hydrogens (tertiary/aromatic N) is 2. The Morgan fingerprint density at radius 1 is 1.04 bits per heavy atom. The lowest BCUT2D eigenvalue weighted by atomic mass is 10.3. The van der Waals surface area contributed by atoms with E-state index in [0.29, 0.717) is 4.47 Å². The second-order valence-electron chi connectivity index (χ2n) is 4.58. The summed E-state index contributed by atoms with van der Waals surface area (Å²) in [5.41, 5.74) is 0.728. The van der Waals surface area contributed by atoms with Crippen LogP contribution in [-0.2, 0) is 10.0 Å². The molecule has 0 aliphatic heterocycles. The summed E-state index contributed by atoms with van der Waals surface area (Å²) in [6.07, 6.45) is 0. The topological polar surface area (TPSA) is 97.1 Å². The Morgan fingerprint density at radius 2 is 1.75 bits per heavy atom. The predicted molar refractivity (Wildman–Crippen MR) is 94.0 cm³/mol. The zero-order valence-corrected chi connectivity index (χ0v) is 15.1. The van der Waals surface area contributed by atoms with E-state index in [4.69, 9.17) is 16.0 Å². The molecule has 1 aromatic heterocycles. The number of rotatable bonds is 5. The van der Waals surface area contributed by atoms with Gasteiger partial charge in [-0.3, -0.25) is 0 Å². The van der Waals surface area contributed by atoms with Crippen LogP contribution in [0.1, 0.15) is 0 Å². The molecule has 2 N–H and O–H groups in total. The van der Waals surface area contributed by atoms with Gasteiger partial charge >= 0.3 is 12.0 Å². The number of benzene rings is 2. The van der Waals surface area contributed by atoms with Gasteiger partial charge in [0.2, 0.25) is 0 Å². The van der Waals surface area contributed by atoms with E-state index in [1.54, 1.807) is 18.2 Å². The fourth-order valence-electron chi connectivity index (χ4n) is 1.82. The number of nitrogens with one attached hydrogen (secondary N) is 2. The van der Waals surface area contributed by atoms with Crippen LogP contribution in [0.5, 0.6) is 0 Å². The van der Waals surface area contributed by atoms with Crippen molar-refractivity contribution >= 4 is 55.3 Å². The number of sulfonamides is 1. The van der Waals surface area contributed by atoms with Crippen molar-refractivity contribution in [1.29, 1.82) is 0 Å². The summed E-state index contributed by atoms with van der Waals surface area (Å²) in [6.45, 7) is 0. The smallest absolute Gasteiger partial charge is 0.331 e. The van der Waals surface area contributed by atoms with Gasteiger partial charge in [0.15, 0.2) is 0 Å². The third kappa shape index (κ3) is 3.86. The second kappa shape index (κ2) is 6.80. The highest BCUT2D eigenvalue weighted by Crippen LogP contribution is 2.27. The van der Waals surface area contributed by atoms with E-state index in [1.807, 2.05) is 18.2 Å². The zero-order chi connectivity index (χ0) is 17.2. The molecule has 3 aromatic rings. The first-order valence-electron chi connectivity index (χ1n) is 6.57. The van der Waals surface area contributed by atoms with E-state index in [-0.39, 0.29) is 21.9 Å². The predicted octanol–water partition coefficient (Wildman–Crippen LogP) is 4.03. The maximum absolute atomic E-state index is 12.3. The molecule has 10 heteroatoms. The van der Waals surface area contributed by atoms with Gasteiger partial charge in [0, 0.05) is 10.2 Å². The fourth-order valence-corrected chi connectivity index (χ4v) is 3.79. The summed E-state index contributed by atoms with van der Waals surface area (Å²) in [5, 5.41) is 10.3. The first-order chi connectivity index (χ1) is 11.4. The molecule has 0 amide bonds. The molecule has 0 fully saturated rings. The van der Waals surface area contributed by atoms with Crippen molar-refractivity contribution in [2.24, 2.45) is 0 Å². The van der Waals surface area contributed by atoms with Crippen LogP contribution in [0, 0.1) is 0 Å². The minimum Gasteiger partial charge on any atom is -0.389 e. The van der Waals surface area contributed by atoms with Gasteiger partial charge in [0.1, 0.15) is 4.90 Å². The molecular formula is C14H10BrClN4O3S. The van der Waals surface area contributed by atoms with Gasteiger partial charge in [-0.25, -0.2) is 13.1 Å². The van der Waals surface area contributed by atoms with Crippen molar-refractivity contribution in [3.63, 3.8) is 0 Å². The highest BCUT2D eigenvalue weighted by Gasteiger charge is 2.21. The Labute approximate surface area is 151 Å². The van der Waals surface area contributed by atoms with Crippen molar-refractivity contribution < 1.29 is 12.8 Å². The van der Waals surface area contributed by atoms with Crippen LogP contribution >= 0.6 is 27.5 Å². The lowest BCUT2D eigenvalue weighted by molar-refractivity contribution is 0.579. The summed E-state index contributed by atoms with van der Waals surface area (Å²) < 4.78 is 32.8. The van der Waals surface area contributed by atoms with Gasteiger partial charge < -0.3 is 9.73 Å². The molecule has 1 heterocycles. The number of hydrogen-bond donors (Lipinski definition) is 2. The van der Waals surface area contributed by atoms with Crippen LogP contribution in [0.2, 0.25) is 5.02 Å². The quantitative estimate of drug-likeness (QED) is 0.635. The molecule has 3 rings (SSSR count). The molecule has 0 atom stereocenters. The third-order valence-electron chi connectivity index (χ3n) is 2.86. The molecule has 2 aromatic carbocycles. The maximum Gasteiger partial charge on any atom is 0.331 e. The molecule has 124 valence electrons. The number of hydrogen-bond acceptors (Lipinski definition) is 6. The number of para-hydroxylation sites is 1. The minimum atomic E-state index is -3.95.